The van der Waals surface area contributed by atoms with Crippen LogP contribution in [0.4, 0.5) is 0 Å². The molecule has 4 heteroatoms. The Hall–Kier alpha value is -2.20. The zero-order chi connectivity index (χ0) is 14.6. The fourth-order valence-corrected chi connectivity index (χ4v) is 3.13. The van der Waals surface area contributed by atoms with E-state index in [1.54, 1.807) is 48.5 Å². The van der Waals surface area contributed by atoms with E-state index in [2.05, 4.69) is 6.58 Å². The Morgan fingerprint density at radius 2 is 1.40 bits per heavy atom. The van der Waals surface area contributed by atoms with Crippen LogP contribution in [0.15, 0.2) is 77.7 Å². The molecule has 0 aliphatic heterocycles. The molecule has 0 spiro atoms. The van der Waals surface area contributed by atoms with Gasteiger partial charge in [0.2, 0.25) is 0 Å². The number of carbonyl (C=O) groups is 1. The van der Waals surface area contributed by atoms with Gasteiger partial charge in [0.05, 0.1) is 10.6 Å². The summed E-state index contributed by atoms with van der Waals surface area (Å²) in [4.78, 5) is 12.3. The molecule has 0 unspecified atom stereocenters. The minimum Gasteiger partial charge on any atom is -0.289 e. The topological polar surface area (TPSA) is 51.2 Å². The second kappa shape index (κ2) is 5.84. The van der Waals surface area contributed by atoms with Crippen LogP contribution >= 0.6 is 0 Å². The van der Waals surface area contributed by atoms with E-state index in [1.807, 2.05) is 0 Å². The number of ketones is 1. The average Bonchev–Trinajstić information content (AvgIpc) is 2.48. The third-order valence-corrected chi connectivity index (χ3v) is 4.54. The number of sulfone groups is 1. The van der Waals surface area contributed by atoms with Gasteiger partial charge in [-0.05, 0) is 12.1 Å². The van der Waals surface area contributed by atoms with Crippen molar-refractivity contribution >= 4 is 15.6 Å². The fraction of sp³-hybridized carbons (Fsp3) is 0.0625. The molecule has 0 saturated heterocycles. The molecule has 0 aliphatic carbocycles. The van der Waals surface area contributed by atoms with Crippen LogP contribution in [0.5, 0.6) is 0 Å². The van der Waals surface area contributed by atoms with E-state index in [-0.39, 0.29) is 22.0 Å². The first-order chi connectivity index (χ1) is 9.50. The monoisotopic (exact) mass is 286 g/mol. The number of rotatable bonds is 5. The van der Waals surface area contributed by atoms with Crippen molar-refractivity contribution in [2.75, 3.05) is 5.75 Å². The second-order valence-electron chi connectivity index (χ2n) is 4.37. The molecule has 3 nitrogen and oxygen atoms in total. The molecule has 0 aliphatic rings. The minimum atomic E-state index is -3.53. The van der Waals surface area contributed by atoms with Crippen molar-refractivity contribution in [2.24, 2.45) is 0 Å². The molecule has 0 saturated carbocycles. The Kier molecular flexibility index (Phi) is 4.15. The van der Waals surface area contributed by atoms with Gasteiger partial charge in [0.1, 0.15) is 0 Å². The summed E-state index contributed by atoms with van der Waals surface area (Å²) in [5.41, 5.74) is 0.515. The van der Waals surface area contributed by atoms with E-state index in [0.717, 1.165) is 0 Å². The van der Waals surface area contributed by atoms with E-state index in [9.17, 15) is 13.2 Å². The molecule has 0 aromatic heterocycles. The lowest BCUT2D eigenvalue weighted by Crippen LogP contribution is -2.14. The van der Waals surface area contributed by atoms with E-state index in [1.165, 1.54) is 12.1 Å². The number of carbonyl (C=O) groups excluding carboxylic acids is 1. The lowest BCUT2D eigenvalue weighted by atomic mass is 10.1. The van der Waals surface area contributed by atoms with Gasteiger partial charge in [0.25, 0.3) is 0 Å². The van der Waals surface area contributed by atoms with Gasteiger partial charge >= 0.3 is 0 Å². The summed E-state index contributed by atoms with van der Waals surface area (Å²) >= 11 is 0. The van der Waals surface area contributed by atoms with Crippen LogP contribution in [0.3, 0.4) is 0 Å². The van der Waals surface area contributed by atoms with Crippen LogP contribution in [-0.4, -0.2) is 20.0 Å². The van der Waals surface area contributed by atoms with Crippen molar-refractivity contribution in [3.63, 3.8) is 0 Å². The summed E-state index contributed by atoms with van der Waals surface area (Å²) in [6.07, 6.45) is 0. The van der Waals surface area contributed by atoms with E-state index in [0.29, 0.717) is 5.56 Å². The molecule has 0 heterocycles. The highest BCUT2D eigenvalue weighted by atomic mass is 32.2. The highest BCUT2D eigenvalue weighted by molar-refractivity contribution is 7.91. The zero-order valence-electron chi connectivity index (χ0n) is 10.8. The SMILES string of the molecule is C=C(CS(=O)(=O)c1ccccc1)C(=O)c1ccccc1. The molecule has 2 aromatic carbocycles. The van der Waals surface area contributed by atoms with Crippen LogP contribution in [-0.2, 0) is 9.84 Å². The lowest BCUT2D eigenvalue weighted by Gasteiger charge is -2.06. The molecule has 0 bridgehead atoms. The largest absolute Gasteiger partial charge is 0.289 e. The minimum absolute atomic E-state index is 0.0695. The maximum atomic E-state index is 12.2. The van der Waals surface area contributed by atoms with Crippen molar-refractivity contribution in [1.82, 2.24) is 0 Å². The Bertz CT molecular complexity index is 717. The van der Waals surface area contributed by atoms with E-state index >= 15 is 0 Å². The molecule has 2 aromatic rings. The van der Waals surface area contributed by atoms with Crippen molar-refractivity contribution in [3.05, 3.63) is 78.4 Å². The van der Waals surface area contributed by atoms with Gasteiger partial charge in [-0.25, -0.2) is 8.42 Å². The van der Waals surface area contributed by atoms with Gasteiger partial charge in [-0.3, -0.25) is 4.79 Å². The third kappa shape index (κ3) is 3.22. The average molecular weight is 286 g/mol. The van der Waals surface area contributed by atoms with E-state index in [4.69, 9.17) is 0 Å². The third-order valence-electron chi connectivity index (χ3n) is 2.82. The maximum Gasteiger partial charge on any atom is 0.189 e. The Morgan fingerprint density at radius 1 is 0.900 bits per heavy atom. The van der Waals surface area contributed by atoms with E-state index < -0.39 is 9.84 Å². The summed E-state index contributed by atoms with van der Waals surface area (Å²) < 4.78 is 24.3. The maximum absolute atomic E-state index is 12.2. The number of Topliss-reactive ketones (excluding diaryl/α,β-unsaturated/α-hetero) is 1. The highest BCUT2D eigenvalue weighted by Gasteiger charge is 2.20. The number of hydrogen-bond donors (Lipinski definition) is 0. The zero-order valence-corrected chi connectivity index (χ0v) is 11.6. The molecular weight excluding hydrogens is 272 g/mol. The van der Waals surface area contributed by atoms with Crippen molar-refractivity contribution in [2.45, 2.75) is 4.90 Å². The number of hydrogen-bond acceptors (Lipinski definition) is 3. The summed E-state index contributed by atoms with van der Waals surface area (Å²) in [5, 5.41) is 0. The van der Waals surface area contributed by atoms with Crippen molar-refractivity contribution in [1.29, 1.82) is 0 Å². The predicted octanol–water partition coefficient (Wildman–Crippen LogP) is 2.90. The second-order valence-corrected chi connectivity index (χ2v) is 6.36. The smallest absolute Gasteiger partial charge is 0.189 e. The first-order valence-corrected chi connectivity index (χ1v) is 7.71. The van der Waals surface area contributed by atoms with Gasteiger partial charge < -0.3 is 0 Å². The van der Waals surface area contributed by atoms with Crippen LogP contribution in [0.1, 0.15) is 10.4 Å². The molecule has 20 heavy (non-hydrogen) atoms. The molecule has 0 atom stereocenters. The van der Waals surface area contributed by atoms with Gasteiger partial charge in [-0.15, -0.1) is 0 Å². The fourth-order valence-electron chi connectivity index (χ4n) is 1.80. The molecule has 0 amide bonds. The lowest BCUT2D eigenvalue weighted by molar-refractivity contribution is 0.103. The van der Waals surface area contributed by atoms with Gasteiger partial charge in [-0.2, -0.15) is 0 Å². The van der Waals surface area contributed by atoms with Crippen LogP contribution in [0.2, 0.25) is 0 Å². The summed E-state index contributed by atoms with van der Waals surface area (Å²) in [5.74, 6) is -0.713. The van der Waals surface area contributed by atoms with Crippen LogP contribution in [0.25, 0.3) is 0 Å². The molecule has 102 valence electrons. The Balaban J connectivity index is 2.18. The quantitative estimate of drug-likeness (QED) is 0.627. The van der Waals surface area contributed by atoms with Gasteiger partial charge in [0, 0.05) is 11.1 Å². The molecule has 0 fully saturated rings. The summed E-state index contributed by atoms with van der Waals surface area (Å²) in [6, 6.07) is 16.6. The Morgan fingerprint density at radius 3 is 1.95 bits per heavy atom. The predicted molar refractivity (Wildman–Crippen MR) is 78.4 cm³/mol. The van der Waals surface area contributed by atoms with Gasteiger partial charge in [-0.1, -0.05) is 55.1 Å². The highest BCUT2D eigenvalue weighted by Crippen LogP contribution is 2.15. The first-order valence-electron chi connectivity index (χ1n) is 6.06. The molecule has 0 N–H and O–H groups in total. The molecule has 0 radical (unpaired) electrons. The summed E-state index contributed by atoms with van der Waals surface area (Å²) in [7, 11) is -3.53. The summed E-state index contributed by atoms with van der Waals surface area (Å²) in [6.45, 7) is 3.61. The Labute approximate surface area is 118 Å². The molecular formula is C16H14O3S. The molecule has 2 rings (SSSR count). The first kappa shape index (κ1) is 14.2. The van der Waals surface area contributed by atoms with Crippen molar-refractivity contribution in [3.8, 4) is 0 Å². The van der Waals surface area contributed by atoms with Crippen LogP contribution in [0, 0.1) is 0 Å². The van der Waals surface area contributed by atoms with Gasteiger partial charge in [0.15, 0.2) is 15.6 Å². The van der Waals surface area contributed by atoms with Crippen molar-refractivity contribution < 1.29 is 13.2 Å². The normalized spacial score (nSPS) is 11.0. The standard InChI is InChI=1S/C16H14O3S/c1-13(16(17)14-8-4-2-5-9-14)12-20(18,19)15-10-6-3-7-11-15/h2-11H,1,12H2. The number of benzene rings is 2. The van der Waals surface area contributed by atoms with Crippen LogP contribution < -0.4 is 0 Å².